The van der Waals surface area contributed by atoms with Crippen LogP contribution in [-0.4, -0.2) is 31.1 Å². The third-order valence-electron chi connectivity index (χ3n) is 4.52. The van der Waals surface area contributed by atoms with Crippen molar-refractivity contribution in [2.75, 3.05) is 0 Å². The van der Waals surface area contributed by atoms with Crippen LogP contribution in [0.4, 0.5) is 0 Å². The van der Waals surface area contributed by atoms with Gasteiger partial charge in [0.2, 0.25) is 0 Å². The highest BCUT2D eigenvalue weighted by Crippen LogP contribution is 2.29. The predicted molar refractivity (Wildman–Crippen MR) is 84.7 cm³/mol. The molecular weight excluding hydrogens is 294 g/mol. The zero-order valence-corrected chi connectivity index (χ0v) is 13.8. The van der Waals surface area contributed by atoms with Crippen LogP contribution in [0.2, 0.25) is 0 Å². The van der Waals surface area contributed by atoms with Gasteiger partial charge < -0.3 is 14.8 Å². The van der Waals surface area contributed by atoms with Gasteiger partial charge in [0, 0.05) is 18.5 Å². The van der Waals surface area contributed by atoms with Gasteiger partial charge in [-0.25, -0.2) is 9.67 Å². The molecule has 7 nitrogen and oxygen atoms in total. The number of aliphatic hydroxyl groups is 1. The first-order valence-corrected chi connectivity index (χ1v) is 8.36. The molecule has 2 aromatic heterocycles. The summed E-state index contributed by atoms with van der Waals surface area (Å²) in [7, 11) is 0. The van der Waals surface area contributed by atoms with Crippen LogP contribution in [0.1, 0.15) is 68.6 Å². The molecule has 1 aliphatic rings. The molecule has 2 heterocycles. The molecule has 0 aliphatic heterocycles. The van der Waals surface area contributed by atoms with Crippen molar-refractivity contribution in [2.24, 2.45) is 0 Å². The van der Waals surface area contributed by atoms with Crippen LogP contribution in [0.25, 0.3) is 0 Å². The van der Waals surface area contributed by atoms with Crippen molar-refractivity contribution in [3.05, 3.63) is 29.7 Å². The zero-order valence-electron chi connectivity index (χ0n) is 13.8. The number of rotatable bonds is 6. The molecule has 7 heteroatoms. The molecule has 2 N–H and O–H groups in total. The van der Waals surface area contributed by atoms with E-state index in [0.29, 0.717) is 24.2 Å². The van der Waals surface area contributed by atoms with Gasteiger partial charge in [0.25, 0.3) is 0 Å². The van der Waals surface area contributed by atoms with E-state index in [1.807, 2.05) is 10.9 Å². The molecule has 0 unspecified atom stereocenters. The molecule has 0 saturated heterocycles. The fraction of sp³-hybridized carbons (Fsp3) is 0.688. The quantitative estimate of drug-likeness (QED) is 0.848. The average Bonchev–Trinajstić information content (AvgIpc) is 3.22. The molecule has 126 valence electrons. The Hall–Kier alpha value is -1.73. The molecular formula is C16H25N5O2. The maximum absolute atomic E-state index is 9.18. The maximum Gasteiger partial charge on any atom is 0.181 e. The molecule has 2 atom stereocenters. The van der Waals surface area contributed by atoms with Gasteiger partial charge in [0.05, 0.1) is 24.5 Å². The lowest BCUT2D eigenvalue weighted by Crippen LogP contribution is -2.40. The molecule has 1 fully saturated rings. The topological polar surface area (TPSA) is 89.0 Å². The molecule has 0 spiro atoms. The van der Waals surface area contributed by atoms with Gasteiger partial charge in [0.15, 0.2) is 6.39 Å². The molecule has 0 radical (unpaired) electrons. The normalized spacial score (nSPS) is 21.9. The van der Waals surface area contributed by atoms with Gasteiger partial charge in [-0.2, -0.15) is 0 Å². The smallest absolute Gasteiger partial charge is 0.181 e. The molecule has 2 aromatic rings. The number of hydrogen-bond donors (Lipinski definition) is 2. The van der Waals surface area contributed by atoms with E-state index < -0.39 is 0 Å². The summed E-state index contributed by atoms with van der Waals surface area (Å²) >= 11 is 0. The maximum atomic E-state index is 9.18. The van der Waals surface area contributed by atoms with Crippen LogP contribution >= 0.6 is 0 Å². The van der Waals surface area contributed by atoms with Gasteiger partial charge >= 0.3 is 0 Å². The van der Waals surface area contributed by atoms with Crippen LogP contribution in [0, 0.1) is 0 Å². The van der Waals surface area contributed by atoms with Crippen molar-refractivity contribution in [2.45, 2.75) is 70.7 Å². The third-order valence-corrected chi connectivity index (χ3v) is 4.52. The standard InChI is InChI=1S/C16H25N5O2/c1-11(2)16-14(18-10-23-16)7-17-13-5-3-4-6-15(13)21-8-12(9-22)19-20-21/h8,10-11,13,15,17,22H,3-7,9H2,1-2H3/t13-,15+/m0/s1. The lowest BCUT2D eigenvalue weighted by atomic mass is 9.90. The van der Waals surface area contributed by atoms with Crippen molar-refractivity contribution in [1.29, 1.82) is 0 Å². The summed E-state index contributed by atoms with van der Waals surface area (Å²) < 4.78 is 7.39. The van der Waals surface area contributed by atoms with E-state index in [2.05, 4.69) is 34.5 Å². The highest BCUT2D eigenvalue weighted by Gasteiger charge is 2.28. The zero-order chi connectivity index (χ0) is 16.2. The Labute approximate surface area is 136 Å². The van der Waals surface area contributed by atoms with Gasteiger partial charge in [-0.15, -0.1) is 5.10 Å². The van der Waals surface area contributed by atoms with E-state index in [1.54, 1.807) is 0 Å². The van der Waals surface area contributed by atoms with Crippen molar-refractivity contribution in [1.82, 2.24) is 25.3 Å². The summed E-state index contributed by atoms with van der Waals surface area (Å²) in [4.78, 5) is 4.34. The number of nitrogens with one attached hydrogen (secondary N) is 1. The van der Waals surface area contributed by atoms with E-state index in [1.165, 1.54) is 19.2 Å². The second-order valence-corrected chi connectivity index (χ2v) is 6.51. The summed E-state index contributed by atoms with van der Waals surface area (Å²) in [6.45, 7) is 4.85. The third kappa shape index (κ3) is 3.61. The monoisotopic (exact) mass is 319 g/mol. The van der Waals surface area contributed by atoms with Crippen LogP contribution < -0.4 is 5.32 Å². The molecule has 1 aliphatic carbocycles. The Morgan fingerprint density at radius 1 is 1.39 bits per heavy atom. The SMILES string of the molecule is CC(C)c1ocnc1CN[C@H]1CCCC[C@H]1n1cc(CO)nn1. The minimum absolute atomic E-state index is 0.0680. The molecule has 23 heavy (non-hydrogen) atoms. The first-order valence-electron chi connectivity index (χ1n) is 8.36. The summed E-state index contributed by atoms with van der Waals surface area (Å²) in [6, 6.07) is 0.597. The number of aromatic nitrogens is 4. The van der Waals surface area contributed by atoms with Crippen LogP contribution in [-0.2, 0) is 13.2 Å². The second-order valence-electron chi connectivity index (χ2n) is 6.51. The molecule has 3 rings (SSSR count). The fourth-order valence-corrected chi connectivity index (χ4v) is 3.32. The number of oxazole rings is 1. The van der Waals surface area contributed by atoms with Crippen molar-refractivity contribution in [3.63, 3.8) is 0 Å². The fourth-order valence-electron chi connectivity index (χ4n) is 3.32. The molecule has 0 aromatic carbocycles. The van der Waals surface area contributed by atoms with Crippen LogP contribution in [0.15, 0.2) is 17.0 Å². The minimum Gasteiger partial charge on any atom is -0.448 e. The highest BCUT2D eigenvalue weighted by atomic mass is 16.3. The van der Waals surface area contributed by atoms with Gasteiger partial charge in [0.1, 0.15) is 11.5 Å². The highest BCUT2D eigenvalue weighted by molar-refractivity contribution is 5.11. The van der Waals surface area contributed by atoms with Crippen LogP contribution in [0.3, 0.4) is 0 Å². The van der Waals surface area contributed by atoms with E-state index in [0.717, 1.165) is 24.3 Å². The number of nitrogens with zero attached hydrogens (tertiary/aromatic N) is 4. The van der Waals surface area contributed by atoms with E-state index in [4.69, 9.17) is 4.42 Å². The second kappa shape index (κ2) is 7.23. The van der Waals surface area contributed by atoms with Gasteiger partial charge in [-0.1, -0.05) is 31.9 Å². The Kier molecular flexibility index (Phi) is 5.07. The predicted octanol–water partition coefficient (Wildman–Crippen LogP) is 2.16. The summed E-state index contributed by atoms with van der Waals surface area (Å²) in [6.07, 6.45) is 7.95. The molecule has 0 bridgehead atoms. The van der Waals surface area contributed by atoms with Crippen molar-refractivity contribution in [3.8, 4) is 0 Å². The number of hydrogen-bond acceptors (Lipinski definition) is 6. The van der Waals surface area contributed by atoms with E-state index >= 15 is 0 Å². The molecule has 0 amide bonds. The van der Waals surface area contributed by atoms with Crippen molar-refractivity contribution >= 4 is 0 Å². The average molecular weight is 319 g/mol. The lowest BCUT2D eigenvalue weighted by molar-refractivity contribution is 0.241. The molecule has 1 saturated carbocycles. The Bertz CT molecular complexity index is 622. The largest absolute Gasteiger partial charge is 0.448 e. The Balaban J connectivity index is 1.68. The van der Waals surface area contributed by atoms with E-state index in [-0.39, 0.29) is 12.6 Å². The number of aliphatic hydroxyl groups excluding tert-OH is 1. The summed E-state index contributed by atoms with van der Waals surface area (Å²) in [5.74, 6) is 1.28. The summed E-state index contributed by atoms with van der Waals surface area (Å²) in [5.41, 5.74) is 1.60. The lowest BCUT2D eigenvalue weighted by Gasteiger charge is -2.32. The first-order chi connectivity index (χ1) is 11.2. The minimum atomic E-state index is -0.0680. The van der Waals surface area contributed by atoms with Gasteiger partial charge in [-0.05, 0) is 12.8 Å². The van der Waals surface area contributed by atoms with Crippen molar-refractivity contribution < 1.29 is 9.52 Å². The Morgan fingerprint density at radius 3 is 2.96 bits per heavy atom. The first kappa shape index (κ1) is 16.1. The Morgan fingerprint density at radius 2 is 2.22 bits per heavy atom. The van der Waals surface area contributed by atoms with E-state index in [9.17, 15) is 5.11 Å². The summed E-state index contributed by atoms with van der Waals surface area (Å²) in [5, 5.41) is 21.0. The van der Waals surface area contributed by atoms with Gasteiger partial charge in [-0.3, -0.25) is 0 Å². The van der Waals surface area contributed by atoms with Crippen LogP contribution in [0.5, 0.6) is 0 Å².